The zero-order chi connectivity index (χ0) is 35.8. The molecule has 6 heteroatoms. The average Bonchev–Trinajstić information content (AvgIpc) is 3.21. The van der Waals surface area contributed by atoms with Crippen LogP contribution in [0.2, 0.25) is 0 Å². The van der Waals surface area contributed by atoms with E-state index in [0.717, 1.165) is 33.8 Å². The molecule has 0 fully saturated rings. The van der Waals surface area contributed by atoms with Crippen molar-refractivity contribution < 1.29 is 19.7 Å². The predicted octanol–water partition coefficient (Wildman–Crippen LogP) is 8.05. The lowest BCUT2D eigenvalue weighted by molar-refractivity contribution is 0.0353. The molecule has 0 aliphatic heterocycles. The maximum absolute atomic E-state index is 11.5. The van der Waals surface area contributed by atoms with Crippen LogP contribution in [0.15, 0.2) is 182 Å². The minimum atomic E-state index is -0.757. The smallest absolute Gasteiger partial charge is 0.119 e. The molecule has 0 saturated heterocycles. The Kier molecular flexibility index (Phi) is 13.6. The molecule has 2 N–H and O–H groups in total. The van der Waals surface area contributed by atoms with E-state index < -0.39 is 12.2 Å². The number of nitrogens with zero attached hydrogens (tertiary/aromatic N) is 2. The highest BCUT2D eigenvalue weighted by Crippen LogP contribution is 2.32. The van der Waals surface area contributed by atoms with E-state index in [9.17, 15) is 10.2 Å². The van der Waals surface area contributed by atoms with Crippen LogP contribution in [0, 0.1) is 0 Å². The third-order valence-electron chi connectivity index (χ3n) is 9.13. The molecule has 2 atom stereocenters. The summed E-state index contributed by atoms with van der Waals surface area (Å²) in [5.74, 6) is 1.45. The first-order valence-electron chi connectivity index (χ1n) is 18.0. The van der Waals surface area contributed by atoms with Crippen molar-refractivity contribution >= 4 is 0 Å². The summed E-state index contributed by atoms with van der Waals surface area (Å²) in [5.41, 5.74) is 4.54. The van der Waals surface area contributed by atoms with Crippen molar-refractivity contribution in [3.05, 3.63) is 204 Å². The molecule has 6 nitrogen and oxygen atoms in total. The van der Waals surface area contributed by atoms with Gasteiger partial charge in [-0.1, -0.05) is 158 Å². The van der Waals surface area contributed by atoms with E-state index in [0.29, 0.717) is 26.2 Å². The van der Waals surface area contributed by atoms with Gasteiger partial charge in [0.2, 0.25) is 0 Å². The number of rotatable bonds is 19. The molecule has 266 valence electrons. The van der Waals surface area contributed by atoms with Crippen LogP contribution in [0.4, 0.5) is 0 Å². The summed E-state index contributed by atoms with van der Waals surface area (Å²) in [6.07, 6.45) is -1.51. The van der Waals surface area contributed by atoms with Gasteiger partial charge in [0, 0.05) is 26.2 Å². The molecule has 0 aromatic heterocycles. The minimum Gasteiger partial charge on any atom is -0.491 e. The van der Waals surface area contributed by atoms with Crippen molar-refractivity contribution in [3.8, 4) is 11.5 Å². The van der Waals surface area contributed by atoms with Crippen molar-refractivity contribution in [2.45, 2.75) is 24.3 Å². The standard InChI is InChI=1S/C46H48N2O4/c49-41(35-51-43-27-15-5-16-28-43)33-47(45(37-19-7-1-8-20-37)38-21-9-2-10-22-38)31-32-48(34-42(50)36-52-44-29-17-6-18-30-44)46(39-23-11-3-12-24-39)40-25-13-4-14-26-40/h1-30,41-42,45-46,49-50H,31-36H2/t41-,42-/m1/s1. The SMILES string of the molecule is O[C@@H](COc1ccccc1)CN(CCN(C[C@@H](O)COc1ccccc1)C(c1ccccc1)c1ccccc1)C(c1ccccc1)c1ccccc1. The van der Waals surface area contributed by atoms with E-state index in [1.165, 1.54) is 0 Å². The lowest BCUT2D eigenvalue weighted by Gasteiger charge is -2.38. The summed E-state index contributed by atoms with van der Waals surface area (Å²) in [6, 6.07) is 60.8. The quantitative estimate of drug-likeness (QED) is 0.0896. The van der Waals surface area contributed by atoms with E-state index in [1.54, 1.807) is 0 Å². The molecule has 6 aromatic carbocycles. The summed E-state index contributed by atoms with van der Waals surface area (Å²) in [4.78, 5) is 4.69. The lowest BCUT2D eigenvalue weighted by atomic mass is 9.95. The zero-order valence-electron chi connectivity index (χ0n) is 29.5. The normalized spacial score (nSPS) is 12.7. The van der Waals surface area contributed by atoms with Gasteiger partial charge in [-0.2, -0.15) is 0 Å². The van der Waals surface area contributed by atoms with Gasteiger partial charge < -0.3 is 19.7 Å². The Balaban J connectivity index is 1.32. The number of aliphatic hydroxyl groups excluding tert-OH is 2. The Morgan fingerprint density at radius 3 is 0.885 bits per heavy atom. The molecule has 0 bridgehead atoms. The van der Waals surface area contributed by atoms with E-state index in [4.69, 9.17) is 9.47 Å². The molecule has 0 spiro atoms. The molecule has 0 heterocycles. The van der Waals surface area contributed by atoms with Crippen molar-refractivity contribution in [2.75, 3.05) is 39.4 Å². The second kappa shape index (κ2) is 19.4. The number of para-hydroxylation sites is 2. The number of ether oxygens (including phenoxy) is 2. The Morgan fingerprint density at radius 1 is 0.365 bits per heavy atom. The minimum absolute atomic E-state index is 0.131. The van der Waals surface area contributed by atoms with Crippen LogP contribution in [0.3, 0.4) is 0 Å². The fourth-order valence-corrected chi connectivity index (χ4v) is 6.74. The van der Waals surface area contributed by atoms with Crippen molar-refractivity contribution in [1.82, 2.24) is 9.80 Å². The predicted molar refractivity (Wildman–Crippen MR) is 208 cm³/mol. The van der Waals surface area contributed by atoms with Crippen LogP contribution in [0.5, 0.6) is 11.5 Å². The summed E-state index contributed by atoms with van der Waals surface area (Å²) < 4.78 is 12.0. The van der Waals surface area contributed by atoms with Gasteiger partial charge in [-0.25, -0.2) is 0 Å². The van der Waals surface area contributed by atoms with E-state index in [2.05, 4.69) is 107 Å². The Bertz CT molecular complexity index is 1610. The molecule has 0 amide bonds. The van der Waals surface area contributed by atoms with Gasteiger partial charge in [0.1, 0.15) is 36.9 Å². The van der Waals surface area contributed by atoms with Crippen LogP contribution >= 0.6 is 0 Å². The molecule has 6 rings (SSSR count). The van der Waals surface area contributed by atoms with Crippen LogP contribution in [-0.2, 0) is 0 Å². The molecule has 0 unspecified atom stereocenters. The molecule has 0 aliphatic carbocycles. The topological polar surface area (TPSA) is 65.4 Å². The maximum Gasteiger partial charge on any atom is 0.119 e. The van der Waals surface area contributed by atoms with E-state index in [1.807, 2.05) is 84.9 Å². The van der Waals surface area contributed by atoms with Crippen molar-refractivity contribution in [3.63, 3.8) is 0 Å². The molecular formula is C46H48N2O4. The fourth-order valence-electron chi connectivity index (χ4n) is 6.74. The second-order valence-corrected chi connectivity index (χ2v) is 13.0. The average molecular weight is 693 g/mol. The van der Waals surface area contributed by atoms with Crippen LogP contribution in [0.1, 0.15) is 34.3 Å². The highest BCUT2D eigenvalue weighted by atomic mass is 16.5. The Labute approximate surface area is 308 Å². The van der Waals surface area contributed by atoms with Crippen molar-refractivity contribution in [2.24, 2.45) is 0 Å². The fraction of sp³-hybridized carbons (Fsp3) is 0.217. The number of hydrogen-bond donors (Lipinski definition) is 2. The monoisotopic (exact) mass is 692 g/mol. The Morgan fingerprint density at radius 2 is 0.615 bits per heavy atom. The van der Waals surface area contributed by atoms with Gasteiger partial charge in [0.05, 0.1) is 12.1 Å². The molecule has 52 heavy (non-hydrogen) atoms. The highest BCUT2D eigenvalue weighted by molar-refractivity contribution is 5.34. The number of aliphatic hydroxyl groups is 2. The van der Waals surface area contributed by atoms with Crippen LogP contribution < -0.4 is 9.47 Å². The third kappa shape index (κ3) is 10.6. The Hall–Kier alpha value is -5.24. The van der Waals surface area contributed by atoms with Gasteiger partial charge in [-0.3, -0.25) is 9.80 Å². The molecule has 6 aromatic rings. The lowest BCUT2D eigenvalue weighted by Crippen LogP contribution is -2.46. The van der Waals surface area contributed by atoms with E-state index in [-0.39, 0.29) is 25.3 Å². The van der Waals surface area contributed by atoms with E-state index >= 15 is 0 Å². The zero-order valence-corrected chi connectivity index (χ0v) is 29.5. The van der Waals surface area contributed by atoms with Gasteiger partial charge in [0.15, 0.2) is 0 Å². The van der Waals surface area contributed by atoms with Crippen LogP contribution in [-0.4, -0.2) is 71.6 Å². The molecule has 0 aliphatic rings. The largest absolute Gasteiger partial charge is 0.491 e. The third-order valence-corrected chi connectivity index (χ3v) is 9.13. The first-order valence-corrected chi connectivity index (χ1v) is 18.0. The van der Waals surface area contributed by atoms with Crippen molar-refractivity contribution in [1.29, 1.82) is 0 Å². The molecule has 0 saturated carbocycles. The molecule has 0 radical (unpaired) electrons. The number of benzene rings is 6. The molecular weight excluding hydrogens is 645 g/mol. The number of hydrogen-bond acceptors (Lipinski definition) is 6. The summed E-state index contributed by atoms with van der Waals surface area (Å²) in [6.45, 7) is 2.25. The highest BCUT2D eigenvalue weighted by Gasteiger charge is 2.29. The summed E-state index contributed by atoms with van der Waals surface area (Å²) in [5, 5.41) is 23.1. The van der Waals surface area contributed by atoms with Crippen LogP contribution in [0.25, 0.3) is 0 Å². The maximum atomic E-state index is 11.5. The van der Waals surface area contributed by atoms with Gasteiger partial charge in [-0.15, -0.1) is 0 Å². The van der Waals surface area contributed by atoms with Gasteiger partial charge in [-0.05, 0) is 46.5 Å². The van der Waals surface area contributed by atoms with Gasteiger partial charge >= 0.3 is 0 Å². The first-order chi connectivity index (χ1) is 25.6. The first kappa shape index (κ1) is 36.5. The van der Waals surface area contributed by atoms with Gasteiger partial charge in [0.25, 0.3) is 0 Å². The summed E-state index contributed by atoms with van der Waals surface area (Å²) >= 11 is 0. The summed E-state index contributed by atoms with van der Waals surface area (Å²) in [7, 11) is 0. The second-order valence-electron chi connectivity index (χ2n) is 13.0.